The average Bonchev–Trinajstić information content (AvgIpc) is 3.23. The zero-order valence-electron chi connectivity index (χ0n) is 18.1. The van der Waals surface area contributed by atoms with Gasteiger partial charge in [-0.15, -0.1) is 11.8 Å². The number of thioether (sulfide) groups is 1. The van der Waals surface area contributed by atoms with Crippen LogP contribution in [0.4, 0.5) is 5.69 Å². The Balaban J connectivity index is 1.26. The van der Waals surface area contributed by atoms with Crippen molar-refractivity contribution in [3.05, 3.63) is 114 Å². The normalized spacial score (nSPS) is 15.7. The van der Waals surface area contributed by atoms with Crippen LogP contribution in [0.5, 0.6) is 0 Å². The highest BCUT2D eigenvalue weighted by atomic mass is 32.2. The molecular weight excluding hydrogens is 428 g/mol. The minimum absolute atomic E-state index is 0.0150. The molecule has 0 unspecified atom stereocenters. The third-order valence-electron chi connectivity index (χ3n) is 5.92. The highest BCUT2D eigenvalue weighted by molar-refractivity contribution is 8.00. The van der Waals surface area contributed by atoms with E-state index in [-0.39, 0.29) is 17.2 Å². The Morgan fingerprint density at radius 3 is 2.39 bits per heavy atom. The largest absolute Gasteiger partial charge is 0.326 e. The molecule has 2 amide bonds. The molecule has 1 aliphatic heterocycles. The molecule has 1 N–H and O–H groups in total. The minimum atomic E-state index is -0.145. The first-order valence-corrected chi connectivity index (χ1v) is 12.1. The summed E-state index contributed by atoms with van der Waals surface area (Å²) in [6, 6.07) is 31.8. The molecule has 1 fully saturated rings. The van der Waals surface area contributed by atoms with Gasteiger partial charge in [-0.25, -0.2) is 0 Å². The molecule has 0 aliphatic carbocycles. The number of amides is 2. The molecule has 4 nitrogen and oxygen atoms in total. The van der Waals surface area contributed by atoms with Gasteiger partial charge in [-0.2, -0.15) is 0 Å². The van der Waals surface area contributed by atoms with Crippen LogP contribution in [-0.4, -0.2) is 29.0 Å². The molecule has 5 heteroatoms. The predicted octanol–water partition coefficient (Wildman–Crippen LogP) is 5.91. The fraction of sp³-hybridized carbons (Fsp3) is 0.143. The van der Waals surface area contributed by atoms with Crippen LogP contribution in [-0.2, 0) is 11.2 Å². The number of benzene rings is 4. The highest BCUT2D eigenvalue weighted by Gasteiger charge is 2.32. The maximum atomic E-state index is 12.8. The standard InChI is InChI=1S/C28H24N2O2S/c31-26-19-33-28(30(26)17-16-20-6-2-1-3-7-20)23-12-10-22(11-13-23)27(32)29-25-15-14-21-8-4-5-9-24(21)18-25/h1-15,18,28H,16-17,19H2,(H,29,32)/t28-/m0/s1. The number of carbonyl (C=O) groups excluding carboxylic acids is 2. The molecule has 5 rings (SSSR count). The Kier molecular flexibility index (Phi) is 6.13. The van der Waals surface area contributed by atoms with Crippen LogP contribution in [0.3, 0.4) is 0 Å². The molecule has 1 atom stereocenters. The number of fused-ring (bicyclic) bond motifs is 1. The van der Waals surface area contributed by atoms with Crippen molar-refractivity contribution in [3.8, 4) is 0 Å². The fourth-order valence-electron chi connectivity index (χ4n) is 4.14. The maximum absolute atomic E-state index is 12.8. The Labute approximate surface area is 197 Å². The van der Waals surface area contributed by atoms with Gasteiger partial charge in [0.15, 0.2) is 0 Å². The first kappa shape index (κ1) is 21.3. The van der Waals surface area contributed by atoms with E-state index in [0.717, 1.165) is 28.4 Å². The van der Waals surface area contributed by atoms with E-state index in [0.29, 0.717) is 17.9 Å². The number of anilines is 1. The Morgan fingerprint density at radius 2 is 1.61 bits per heavy atom. The van der Waals surface area contributed by atoms with Crippen LogP contribution in [0.2, 0.25) is 0 Å². The van der Waals surface area contributed by atoms with E-state index in [1.807, 2.05) is 83.8 Å². The van der Waals surface area contributed by atoms with Crippen LogP contribution in [0.15, 0.2) is 97.1 Å². The summed E-state index contributed by atoms with van der Waals surface area (Å²) < 4.78 is 0. The number of hydrogen-bond acceptors (Lipinski definition) is 3. The molecule has 4 aromatic carbocycles. The van der Waals surface area contributed by atoms with E-state index in [2.05, 4.69) is 23.5 Å². The number of rotatable bonds is 6. The fourth-order valence-corrected chi connectivity index (χ4v) is 5.35. The monoisotopic (exact) mass is 452 g/mol. The van der Waals surface area contributed by atoms with Crippen molar-refractivity contribution in [2.75, 3.05) is 17.6 Å². The summed E-state index contributed by atoms with van der Waals surface area (Å²) in [5.74, 6) is 0.510. The summed E-state index contributed by atoms with van der Waals surface area (Å²) in [6.07, 6.45) is 0.829. The Bertz CT molecular complexity index is 1290. The summed E-state index contributed by atoms with van der Waals surface area (Å²) >= 11 is 1.64. The van der Waals surface area contributed by atoms with Gasteiger partial charge in [0.05, 0.1) is 5.75 Å². The number of nitrogens with zero attached hydrogens (tertiary/aromatic N) is 1. The molecule has 0 spiro atoms. The predicted molar refractivity (Wildman–Crippen MR) is 135 cm³/mol. The topological polar surface area (TPSA) is 49.4 Å². The van der Waals surface area contributed by atoms with E-state index < -0.39 is 0 Å². The van der Waals surface area contributed by atoms with Gasteiger partial charge in [-0.1, -0.05) is 72.8 Å². The molecule has 0 radical (unpaired) electrons. The van der Waals surface area contributed by atoms with Crippen molar-refractivity contribution in [2.45, 2.75) is 11.8 Å². The molecule has 1 saturated heterocycles. The van der Waals surface area contributed by atoms with Crippen LogP contribution in [0, 0.1) is 0 Å². The van der Waals surface area contributed by atoms with Crippen LogP contribution in [0.25, 0.3) is 10.8 Å². The van der Waals surface area contributed by atoms with Crippen molar-refractivity contribution in [1.29, 1.82) is 0 Å². The van der Waals surface area contributed by atoms with Crippen molar-refractivity contribution in [2.24, 2.45) is 0 Å². The zero-order chi connectivity index (χ0) is 22.6. The second-order valence-corrected chi connectivity index (χ2v) is 9.19. The Hall–Kier alpha value is -3.57. The minimum Gasteiger partial charge on any atom is -0.326 e. The van der Waals surface area contributed by atoms with E-state index >= 15 is 0 Å². The lowest BCUT2D eigenvalue weighted by Crippen LogP contribution is -2.30. The number of hydrogen-bond donors (Lipinski definition) is 1. The Morgan fingerprint density at radius 1 is 0.879 bits per heavy atom. The summed E-state index contributed by atoms with van der Waals surface area (Å²) in [5.41, 5.74) is 3.63. The second kappa shape index (κ2) is 9.51. The van der Waals surface area contributed by atoms with E-state index in [4.69, 9.17) is 0 Å². The second-order valence-electron chi connectivity index (χ2n) is 8.12. The van der Waals surface area contributed by atoms with Gasteiger partial charge in [-0.3, -0.25) is 9.59 Å². The molecule has 1 aliphatic rings. The lowest BCUT2D eigenvalue weighted by Gasteiger charge is -2.24. The third-order valence-corrected chi connectivity index (χ3v) is 7.17. The van der Waals surface area contributed by atoms with E-state index in [9.17, 15) is 9.59 Å². The van der Waals surface area contributed by atoms with Crippen molar-refractivity contribution < 1.29 is 9.59 Å². The number of carbonyl (C=O) groups is 2. The van der Waals surface area contributed by atoms with Gasteiger partial charge in [0.1, 0.15) is 5.37 Å². The van der Waals surface area contributed by atoms with Gasteiger partial charge in [0.2, 0.25) is 5.91 Å². The molecule has 164 valence electrons. The first-order valence-electron chi connectivity index (χ1n) is 11.0. The van der Waals surface area contributed by atoms with Crippen molar-refractivity contribution >= 4 is 40.0 Å². The number of nitrogens with one attached hydrogen (secondary N) is 1. The quantitative estimate of drug-likeness (QED) is 0.396. The molecule has 33 heavy (non-hydrogen) atoms. The summed E-state index contributed by atoms with van der Waals surface area (Å²) in [7, 11) is 0. The van der Waals surface area contributed by atoms with Crippen LogP contribution >= 0.6 is 11.8 Å². The van der Waals surface area contributed by atoms with Gasteiger partial charge >= 0.3 is 0 Å². The lowest BCUT2D eigenvalue weighted by molar-refractivity contribution is -0.128. The summed E-state index contributed by atoms with van der Waals surface area (Å²) in [5, 5.41) is 5.20. The van der Waals surface area contributed by atoms with Gasteiger partial charge in [-0.05, 0) is 52.6 Å². The molecule has 4 aromatic rings. The summed E-state index contributed by atoms with van der Waals surface area (Å²) in [4.78, 5) is 27.2. The van der Waals surface area contributed by atoms with Crippen LogP contribution < -0.4 is 5.32 Å². The van der Waals surface area contributed by atoms with Crippen LogP contribution in [0.1, 0.15) is 26.9 Å². The molecular formula is C28H24N2O2S. The molecule has 0 bridgehead atoms. The highest BCUT2D eigenvalue weighted by Crippen LogP contribution is 2.38. The molecule has 0 aromatic heterocycles. The van der Waals surface area contributed by atoms with Gasteiger partial charge in [0, 0.05) is 17.8 Å². The summed E-state index contributed by atoms with van der Waals surface area (Å²) in [6.45, 7) is 0.685. The smallest absolute Gasteiger partial charge is 0.255 e. The third kappa shape index (κ3) is 4.78. The first-order chi connectivity index (χ1) is 16.2. The SMILES string of the molecule is O=C(Nc1ccc2ccccc2c1)c1ccc([C@@H]2SCC(=O)N2CCc2ccccc2)cc1. The maximum Gasteiger partial charge on any atom is 0.255 e. The zero-order valence-corrected chi connectivity index (χ0v) is 18.9. The van der Waals surface area contributed by atoms with Gasteiger partial charge < -0.3 is 10.2 Å². The van der Waals surface area contributed by atoms with Crippen molar-refractivity contribution in [3.63, 3.8) is 0 Å². The van der Waals surface area contributed by atoms with Crippen molar-refractivity contribution in [1.82, 2.24) is 4.90 Å². The molecule has 1 heterocycles. The van der Waals surface area contributed by atoms with E-state index in [1.54, 1.807) is 11.8 Å². The average molecular weight is 453 g/mol. The van der Waals surface area contributed by atoms with E-state index in [1.165, 1.54) is 5.56 Å². The molecule has 0 saturated carbocycles. The van der Waals surface area contributed by atoms with Gasteiger partial charge in [0.25, 0.3) is 5.91 Å². The lowest BCUT2D eigenvalue weighted by atomic mass is 10.1.